The van der Waals surface area contributed by atoms with Crippen LogP contribution in [0.3, 0.4) is 0 Å². The molecule has 2 unspecified atom stereocenters. The van der Waals surface area contributed by atoms with E-state index in [1.165, 1.54) is 70.6 Å². The fraction of sp³-hybridized carbons (Fsp3) is 0.825. The van der Waals surface area contributed by atoms with Gasteiger partial charge in [-0.05, 0) is 64.2 Å². The Balaban J connectivity index is 2.47. The Labute approximate surface area is 298 Å². The summed E-state index contributed by atoms with van der Waals surface area (Å²) < 4.78 is 11.1. The van der Waals surface area contributed by atoms with E-state index >= 15 is 0 Å². The number of aliphatic hydroxyl groups is 5. The number of allylic oxidation sites excluding steroid dienone is 5. The lowest BCUT2D eigenvalue weighted by molar-refractivity contribution is -0.302. The molecule has 0 radical (unpaired) electrons. The predicted molar refractivity (Wildman–Crippen MR) is 198 cm³/mol. The summed E-state index contributed by atoms with van der Waals surface area (Å²) in [5.41, 5.74) is 0. The lowest BCUT2D eigenvalue weighted by atomic mass is 9.99. The number of carbonyl (C=O) groups excluding carboxylic acids is 1. The average molecular weight is 696 g/mol. The summed E-state index contributed by atoms with van der Waals surface area (Å²) in [5.74, 6) is -0.193. The van der Waals surface area contributed by atoms with Crippen molar-refractivity contribution in [1.29, 1.82) is 0 Å². The molecule has 1 amide bonds. The molecule has 0 aromatic rings. The molecule has 1 aliphatic rings. The monoisotopic (exact) mass is 696 g/mol. The van der Waals surface area contributed by atoms with Crippen LogP contribution < -0.4 is 5.32 Å². The third-order valence-corrected chi connectivity index (χ3v) is 9.16. The van der Waals surface area contributed by atoms with Gasteiger partial charge in [0.2, 0.25) is 5.91 Å². The lowest BCUT2D eigenvalue weighted by Crippen LogP contribution is -2.60. The number of hydrogen-bond acceptors (Lipinski definition) is 8. The third-order valence-electron chi connectivity index (χ3n) is 9.16. The molecule has 1 fully saturated rings. The first kappa shape index (κ1) is 45.4. The molecule has 0 spiro atoms. The maximum Gasteiger partial charge on any atom is 0.220 e. The second-order valence-electron chi connectivity index (χ2n) is 13.7. The van der Waals surface area contributed by atoms with Gasteiger partial charge in [0.1, 0.15) is 24.4 Å². The van der Waals surface area contributed by atoms with Crippen LogP contribution in [0.15, 0.2) is 36.5 Å². The average Bonchev–Trinajstić information content (AvgIpc) is 3.10. The molecule has 6 N–H and O–H groups in total. The fourth-order valence-electron chi connectivity index (χ4n) is 5.91. The van der Waals surface area contributed by atoms with Gasteiger partial charge in [-0.3, -0.25) is 4.79 Å². The largest absolute Gasteiger partial charge is 0.394 e. The van der Waals surface area contributed by atoms with Gasteiger partial charge in [-0.25, -0.2) is 0 Å². The van der Waals surface area contributed by atoms with E-state index in [1.807, 2.05) is 6.08 Å². The molecule has 9 nitrogen and oxygen atoms in total. The summed E-state index contributed by atoms with van der Waals surface area (Å²) in [7, 11) is 0. The molecular formula is C40H73NO8. The SMILES string of the molecule is CCC/C=C/CCCCCCCC/C=C/[C@@H](O)[C@H](CO[C@H]1O[C@@H](CO)[C@H](O)C(O)C1O)NC(=O)CCCCCCC/C=C/CCCCCC. The summed E-state index contributed by atoms with van der Waals surface area (Å²) >= 11 is 0. The summed E-state index contributed by atoms with van der Waals surface area (Å²) in [4.78, 5) is 12.9. The van der Waals surface area contributed by atoms with Gasteiger partial charge in [0, 0.05) is 6.42 Å². The van der Waals surface area contributed by atoms with Gasteiger partial charge in [0.05, 0.1) is 25.4 Å². The van der Waals surface area contributed by atoms with Crippen molar-refractivity contribution in [3.05, 3.63) is 36.5 Å². The van der Waals surface area contributed by atoms with E-state index in [-0.39, 0.29) is 12.5 Å². The number of carbonyl (C=O) groups is 1. The fourth-order valence-corrected chi connectivity index (χ4v) is 5.91. The molecule has 7 atom stereocenters. The molecule has 9 heteroatoms. The minimum atomic E-state index is -1.57. The van der Waals surface area contributed by atoms with E-state index in [9.17, 15) is 30.3 Å². The molecule has 0 bridgehead atoms. The van der Waals surface area contributed by atoms with E-state index in [2.05, 4.69) is 43.5 Å². The summed E-state index contributed by atoms with van der Waals surface area (Å²) in [6.07, 6.45) is 28.9. The Morgan fingerprint density at radius 2 is 1.18 bits per heavy atom. The molecule has 0 aromatic carbocycles. The highest BCUT2D eigenvalue weighted by atomic mass is 16.7. The smallest absolute Gasteiger partial charge is 0.220 e. The summed E-state index contributed by atoms with van der Waals surface area (Å²) in [6, 6.07) is -0.809. The van der Waals surface area contributed by atoms with E-state index in [0.29, 0.717) is 6.42 Å². The van der Waals surface area contributed by atoms with Gasteiger partial charge in [-0.1, -0.05) is 121 Å². The van der Waals surface area contributed by atoms with Crippen molar-refractivity contribution < 1.29 is 39.8 Å². The maximum absolute atomic E-state index is 12.9. The molecule has 1 aliphatic heterocycles. The Kier molecular flexibility index (Phi) is 28.9. The second kappa shape index (κ2) is 31.2. The van der Waals surface area contributed by atoms with Crippen molar-refractivity contribution >= 4 is 5.91 Å². The number of unbranched alkanes of at least 4 members (excludes halogenated alkanes) is 17. The zero-order valence-electron chi connectivity index (χ0n) is 30.9. The highest BCUT2D eigenvalue weighted by molar-refractivity contribution is 5.76. The van der Waals surface area contributed by atoms with Gasteiger partial charge < -0.3 is 40.3 Å². The summed E-state index contributed by atoms with van der Waals surface area (Å²) in [5, 5.41) is 53.9. The number of amides is 1. The number of ether oxygens (including phenoxy) is 2. The van der Waals surface area contributed by atoms with Crippen LogP contribution in [-0.4, -0.2) is 87.5 Å². The zero-order chi connectivity index (χ0) is 36.0. The van der Waals surface area contributed by atoms with Crippen LogP contribution >= 0.6 is 0 Å². The normalized spacial score (nSPS) is 22.8. The number of aliphatic hydroxyl groups excluding tert-OH is 5. The molecular weight excluding hydrogens is 622 g/mol. The molecule has 286 valence electrons. The van der Waals surface area contributed by atoms with Crippen LogP contribution in [0.4, 0.5) is 0 Å². The Hall–Kier alpha value is -1.59. The van der Waals surface area contributed by atoms with Crippen LogP contribution in [0.1, 0.15) is 155 Å². The van der Waals surface area contributed by atoms with Crippen LogP contribution in [0.2, 0.25) is 0 Å². The molecule has 1 saturated heterocycles. The van der Waals surface area contributed by atoms with Crippen molar-refractivity contribution in [3.8, 4) is 0 Å². The highest BCUT2D eigenvalue weighted by Gasteiger charge is 2.44. The lowest BCUT2D eigenvalue weighted by Gasteiger charge is -2.40. The maximum atomic E-state index is 12.9. The number of nitrogens with one attached hydrogen (secondary N) is 1. The van der Waals surface area contributed by atoms with E-state index in [4.69, 9.17) is 9.47 Å². The van der Waals surface area contributed by atoms with Crippen molar-refractivity contribution in [2.75, 3.05) is 13.2 Å². The molecule has 0 saturated carbocycles. The number of hydrogen-bond donors (Lipinski definition) is 6. The molecule has 1 rings (SSSR count). The third kappa shape index (κ3) is 22.8. The summed E-state index contributed by atoms with van der Waals surface area (Å²) in [6.45, 7) is 3.66. The Morgan fingerprint density at radius 3 is 1.73 bits per heavy atom. The van der Waals surface area contributed by atoms with Crippen LogP contribution in [-0.2, 0) is 14.3 Å². The quantitative estimate of drug-likeness (QED) is 0.0338. The van der Waals surface area contributed by atoms with Crippen molar-refractivity contribution in [2.24, 2.45) is 0 Å². The zero-order valence-corrected chi connectivity index (χ0v) is 30.9. The first-order valence-corrected chi connectivity index (χ1v) is 19.7. The van der Waals surface area contributed by atoms with Crippen LogP contribution in [0, 0.1) is 0 Å². The van der Waals surface area contributed by atoms with E-state index < -0.39 is 49.5 Å². The van der Waals surface area contributed by atoms with E-state index in [1.54, 1.807) is 6.08 Å². The van der Waals surface area contributed by atoms with Crippen molar-refractivity contribution in [1.82, 2.24) is 5.32 Å². The standard InChI is InChI=1S/C40H73NO8/c1-3-5-7-9-11-13-15-17-19-21-23-25-27-29-34(43)33(32-48-40-39(47)38(46)37(45)35(31-42)49-40)41-36(44)30-28-26-24-22-20-18-16-14-12-10-8-6-4-2/h7,9,14,16,27,29,33-35,37-40,42-43,45-47H,3-6,8,10-13,15,17-26,28,30-32H2,1-2H3,(H,41,44)/b9-7+,16-14+,29-27+/t33-,34+,35-,37-,38?,39?,40-/m0/s1. The number of rotatable bonds is 31. The van der Waals surface area contributed by atoms with Crippen LogP contribution in [0.5, 0.6) is 0 Å². The molecule has 49 heavy (non-hydrogen) atoms. The van der Waals surface area contributed by atoms with Crippen molar-refractivity contribution in [3.63, 3.8) is 0 Å². The van der Waals surface area contributed by atoms with Gasteiger partial charge in [-0.2, -0.15) is 0 Å². The van der Waals surface area contributed by atoms with Gasteiger partial charge in [0.15, 0.2) is 6.29 Å². The van der Waals surface area contributed by atoms with Crippen molar-refractivity contribution in [2.45, 2.75) is 198 Å². The first-order chi connectivity index (χ1) is 23.8. The Bertz CT molecular complexity index is 863. The Morgan fingerprint density at radius 1 is 0.673 bits per heavy atom. The minimum Gasteiger partial charge on any atom is -0.394 e. The molecule has 0 aromatic heterocycles. The highest BCUT2D eigenvalue weighted by Crippen LogP contribution is 2.22. The van der Waals surface area contributed by atoms with Gasteiger partial charge in [-0.15, -0.1) is 0 Å². The first-order valence-electron chi connectivity index (χ1n) is 19.7. The second-order valence-corrected chi connectivity index (χ2v) is 13.7. The molecule has 1 heterocycles. The molecule has 0 aliphatic carbocycles. The van der Waals surface area contributed by atoms with Gasteiger partial charge in [0.25, 0.3) is 0 Å². The van der Waals surface area contributed by atoms with E-state index in [0.717, 1.165) is 64.2 Å². The van der Waals surface area contributed by atoms with Crippen LogP contribution in [0.25, 0.3) is 0 Å². The van der Waals surface area contributed by atoms with Gasteiger partial charge >= 0.3 is 0 Å². The minimum absolute atomic E-state index is 0.193. The predicted octanol–water partition coefficient (Wildman–Crippen LogP) is 6.94. The topological polar surface area (TPSA) is 149 Å².